The van der Waals surface area contributed by atoms with Crippen LogP contribution in [0.3, 0.4) is 0 Å². The van der Waals surface area contributed by atoms with Crippen molar-refractivity contribution in [1.82, 2.24) is 34.6 Å². The van der Waals surface area contributed by atoms with Gasteiger partial charge in [0.2, 0.25) is 0 Å². The Morgan fingerprint density at radius 2 is 2.03 bits per heavy atom. The van der Waals surface area contributed by atoms with Gasteiger partial charge in [0.15, 0.2) is 10.8 Å². The molecule has 0 saturated carbocycles. The fourth-order valence-electron chi connectivity index (χ4n) is 3.33. The molecule has 0 aliphatic rings. The highest BCUT2D eigenvalue weighted by molar-refractivity contribution is 7.98. The molecule has 1 amide bonds. The minimum absolute atomic E-state index is 0.123. The van der Waals surface area contributed by atoms with Gasteiger partial charge in [-0.3, -0.25) is 4.79 Å². The number of imidazole rings is 1. The van der Waals surface area contributed by atoms with Crippen molar-refractivity contribution in [2.45, 2.75) is 18.2 Å². The molecule has 172 valence electrons. The predicted octanol–water partition coefficient (Wildman–Crippen LogP) is 2.28. The van der Waals surface area contributed by atoms with Crippen LogP contribution < -0.4 is 10.6 Å². The van der Waals surface area contributed by atoms with Gasteiger partial charge in [0.25, 0.3) is 5.91 Å². The Labute approximate surface area is 195 Å². The van der Waals surface area contributed by atoms with Gasteiger partial charge in [-0.2, -0.15) is 5.10 Å². The topological polar surface area (TPSA) is 112 Å². The molecule has 3 aromatic heterocycles. The Morgan fingerprint density at radius 3 is 2.76 bits per heavy atom. The number of carbonyl (C=O) groups excluding carboxylic acids is 1. The largest absolute Gasteiger partial charge is 0.383 e. The number of amides is 1. The zero-order valence-corrected chi connectivity index (χ0v) is 19.4. The quantitative estimate of drug-likeness (QED) is 0.197. The average Bonchev–Trinajstić information content (AvgIpc) is 3.49. The van der Waals surface area contributed by atoms with Gasteiger partial charge in [0.05, 0.1) is 31.1 Å². The average molecular weight is 467 g/mol. The number of hydrogen-bond donors (Lipinski definition) is 2. The van der Waals surface area contributed by atoms with Crippen LogP contribution >= 0.6 is 11.8 Å². The van der Waals surface area contributed by atoms with Gasteiger partial charge < -0.3 is 19.9 Å². The molecular weight excluding hydrogens is 440 g/mol. The van der Waals surface area contributed by atoms with Crippen LogP contribution in [0.15, 0.2) is 54.3 Å². The Morgan fingerprint density at radius 1 is 1.18 bits per heavy atom. The fourth-order valence-corrected chi connectivity index (χ4v) is 3.69. The molecule has 0 saturated heterocycles. The number of ether oxygens (including phenoxy) is 1. The number of nitrogens with one attached hydrogen (secondary N) is 2. The van der Waals surface area contributed by atoms with Crippen LogP contribution in [0.5, 0.6) is 0 Å². The number of aromatic nitrogens is 6. The molecule has 11 heteroatoms. The van der Waals surface area contributed by atoms with E-state index in [0.29, 0.717) is 37.0 Å². The third-order valence-corrected chi connectivity index (χ3v) is 5.55. The summed E-state index contributed by atoms with van der Waals surface area (Å²) in [5.41, 5.74) is 2.45. The summed E-state index contributed by atoms with van der Waals surface area (Å²) in [7, 11) is 1.66. The van der Waals surface area contributed by atoms with Crippen molar-refractivity contribution in [3.05, 3.63) is 60.3 Å². The van der Waals surface area contributed by atoms with E-state index in [0.717, 1.165) is 29.0 Å². The molecule has 0 aliphatic heterocycles. The van der Waals surface area contributed by atoms with Crippen LogP contribution in [-0.2, 0) is 17.8 Å². The molecule has 10 nitrogen and oxygen atoms in total. The predicted molar refractivity (Wildman–Crippen MR) is 128 cm³/mol. The lowest BCUT2D eigenvalue weighted by Gasteiger charge is -2.09. The Balaban J connectivity index is 1.37. The van der Waals surface area contributed by atoms with Crippen LogP contribution in [-0.4, -0.2) is 68.3 Å². The molecule has 4 rings (SSSR count). The number of anilines is 1. The van der Waals surface area contributed by atoms with E-state index in [-0.39, 0.29) is 5.91 Å². The Kier molecular flexibility index (Phi) is 7.53. The maximum absolute atomic E-state index is 12.6. The molecule has 2 N–H and O–H groups in total. The molecule has 33 heavy (non-hydrogen) atoms. The van der Waals surface area contributed by atoms with Crippen LogP contribution in [0.4, 0.5) is 5.82 Å². The van der Waals surface area contributed by atoms with Gasteiger partial charge in [-0.25, -0.2) is 19.6 Å². The van der Waals surface area contributed by atoms with Gasteiger partial charge in [-0.1, -0.05) is 23.9 Å². The number of carbonyl (C=O) groups is 1. The van der Waals surface area contributed by atoms with Crippen LogP contribution in [0.1, 0.15) is 15.9 Å². The van der Waals surface area contributed by atoms with Gasteiger partial charge in [0, 0.05) is 44.7 Å². The standard InChI is InChI=1S/C22H26N8O2S/c1-32-12-9-24-19-18-13-26-30(20(18)28-22(27-19)33-2)11-8-25-21(31)17-5-3-16(4-6-17)14-29-10-7-23-15-29/h3-7,10,13,15H,8-9,11-12,14H2,1-2H3,(H,25,31)(H,24,27,28). The summed E-state index contributed by atoms with van der Waals surface area (Å²) in [6, 6.07) is 7.57. The molecule has 0 spiro atoms. The second kappa shape index (κ2) is 10.9. The van der Waals surface area contributed by atoms with Crippen LogP contribution in [0.25, 0.3) is 11.0 Å². The third kappa shape index (κ3) is 5.68. The van der Waals surface area contributed by atoms with Gasteiger partial charge in [-0.05, 0) is 24.0 Å². The normalized spacial score (nSPS) is 11.1. The SMILES string of the molecule is COCCNc1nc(SC)nc2c1cnn2CCNC(=O)c1ccc(Cn2ccnc2)cc1. The molecule has 0 radical (unpaired) electrons. The summed E-state index contributed by atoms with van der Waals surface area (Å²) >= 11 is 1.47. The summed E-state index contributed by atoms with van der Waals surface area (Å²) < 4.78 is 8.87. The molecule has 0 bridgehead atoms. The number of methoxy groups -OCH3 is 1. The van der Waals surface area contributed by atoms with E-state index in [4.69, 9.17) is 4.74 Å². The van der Waals surface area contributed by atoms with E-state index in [1.54, 1.807) is 30.5 Å². The number of fused-ring (bicyclic) bond motifs is 1. The Bertz CT molecular complexity index is 1190. The first kappa shape index (κ1) is 22.7. The molecular formula is C22H26N8O2S. The minimum Gasteiger partial charge on any atom is -0.383 e. The van der Waals surface area contributed by atoms with Crippen molar-refractivity contribution >= 4 is 34.5 Å². The van der Waals surface area contributed by atoms with Gasteiger partial charge in [0.1, 0.15) is 5.82 Å². The van der Waals surface area contributed by atoms with Crippen molar-refractivity contribution in [2.24, 2.45) is 0 Å². The number of benzene rings is 1. The van der Waals surface area contributed by atoms with Crippen LogP contribution in [0, 0.1) is 0 Å². The molecule has 0 fully saturated rings. The molecule has 0 unspecified atom stereocenters. The second-order valence-corrected chi connectivity index (χ2v) is 8.04. The summed E-state index contributed by atoms with van der Waals surface area (Å²) in [6.45, 7) is 2.85. The van der Waals surface area contributed by atoms with E-state index in [1.807, 2.05) is 41.3 Å². The first-order valence-corrected chi connectivity index (χ1v) is 11.7. The number of nitrogens with zero attached hydrogens (tertiary/aromatic N) is 6. The Hall–Kier alpha value is -3.44. The molecule has 4 aromatic rings. The zero-order valence-electron chi connectivity index (χ0n) is 18.6. The van der Waals surface area contributed by atoms with Gasteiger partial charge >= 0.3 is 0 Å². The molecule has 1 aromatic carbocycles. The second-order valence-electron chi connectivity index (χ2n) is 7.27. The first-order valence-electron chi connectivity index (χ1n) is 10.5. The summed E-state index contributed by atoms with van der Waals surface area (Å²) in [5, 5.41) is 12.2. The highest BCUT2D eigenvalue weighted by atomic mass is 32.2. The number of rotatable bonds is 11. The van der Waals surface area contributed by atoms with E-state index < -0.39 is 0 Å². The third-order valence-electron chi connectivity index (χ3n) is 5.01. The van der Waals surface area contributed by atoms with Crippen molar-refractivity contribution in [3.8, 4) is 0 Å². The number of hydrogen-bond acceptors (Lipinski definition) is 8. The summed E-state index contributed by atoms with van der Waals surface area (Å²) in [6.07, 6.45) is 9.10. The lowest BCUT2D eigenvalue weighted by atomic mass is 10.1. The number of thioether (sulfide) groups is 1. The maximum Gasteiger partial charge on any atom is 0.251 e. The molecule has 3 heterocycles. The molecule has 0 atom stereocenters. The molecule has 0 aliphatic carbocycles. The highest BCUT2D eigenvalue weighted by Crippen LogP contribution is 2.23. The maximum atomic E-state index is 12.6. The van der Waals surface area contributed by atoms with Crippen molar-refractivity contribution in [2.75, 3.05) is 38.4 Å². The minimum atomic E-state index is -0.123. The zero-order chi connectivity index (χ0) is 23.0. The smallest absolute Gasteiger partial charge is 0.251 e. The lowest BCUT2D eigenvalue weighted by molar-refractivity contribution is 0.0952. The van der Waals surface area contributed by atoms with E-state index in [9.17, 15) is 4.79 Å². The van der Waals surface area contributed by atoms with Crippen molar-refractivity contribution in [3.63, 3.8) is 0 Å². The van der Waals surface area contributed by atoms with E-state index >= 15 is 0 Å². The van der Waals surface area contributed by atoms with Crippen molar-refractivity contribution in [1.29, 1.82) is 0 Å². The summed E-state index contributed by atoms with van der Waals surface area (Å²) in [4.78, 5) is 25.7. The first-order chi connectivity index (χ1) is 16.2. The van der Waals surface area contributed by atoms with Gasteiger partial charge in [-0.15, -0.1) is 0 Å². The lowest BCUT2D eigenvalue weighted by Crippen LogP contribution is -2.27. The highest BCUT2D eigenvalue weighted by Gasteiger charge is 2.13. The fraction of sp³-hybridized carbons (Fsp3) is 0.318. The van der Waals surface area contributed by atoms with Crippen LogP contribution in [0.2, 0.25) is 0 Å². The van der Waals surface area contributed by atoms with Crippen molar-refractivity contribution < 1.29 is 9.53 Å². The van der Waals surface area contributed by atoms with E-state index in [1.165, 1.54) is 11.8 Å². The monoisotopic (exact) mass is 466 g/mol. The summed E-state index contributed by atoms with van der Waals surface area (Å²) in [5.74, 6) is 0.606. The van der Waals surface area contributed by atoms with E-state index in [2.05, 4.69) is 30.7 Å².